The molecule has 4 rings (SSSR count). The van der Waals surface area contributed by atoms with E-state index in [0.29, 0.717) is 0 Å². The van der Waals surface area contributed by atoms with Crippen LogP contribution >= 0.6 is 0 Å². The van der Waals surface area contributed by atoms with E-state index in [9.17, 15) is 15.3 Å². The molecule has 0 saturated carbocycles. The minimum atomic E-state index is -1.33. The van der Waals surface area contributed by atoms with Crippen molar-refractivity contribution in [2.45, 2.75) is 24.5 Å². The number of imidazole rings is 1. The van der Waals surface area contributed by atoms with E-state index in [0.717, 1.165) is 11.3 Å². The molecule has 0 aliphatic carbocycles. The van der Waals surface area contributed by atoms with Crippen LogP contribution in [-0.4, -0.2) is 80.1 Å². The molecule has 164 valence electrons. The Hall–Kier alpha value is -3.32. The highest BCUT2D eigenvalue weighted by Gasteiger charge is 2.45. The second-order valence-electron chi connectivity index (χ2n) is 7.32. The SMILES string of the molecule is CN(C)c1ccc(/C=N/Nc2nc3c(N)ncnc3n2C2OC(CO)C(O)C2O)cc1. The van der Waals surface area contributed by atoms with E-state index in [1.165, 1.54) is 10.9 Å². The van der Waals surface area contributed by atoms with Gasteiger partial charge in [0.05, 0.1) is 12.8 Å². The van der Waals surface area contributed by atoms with Gasteiger partial charge in [0, 0.05) is 19.8 Å². The Morgan fingerprint density at radius 2 is 1.97 bits per heavy atom. The molecule has 4 atom stereocenters. The van der Waals surface area contributed by atoms with Gasteiger partial charge in [-0.3, -0.25) is 4.57 Å². The lowest BCUT2D eigenvalue weighted by atomic mass is 10.1. The fraction of sp³-hybridized carbons (Fsp3) is 0.368. The van der Waals surface area contributed by atoms with E-state index in [2.05, 4.69) is 25.5 Å². The molecule has 0 bridgehead atoms. The summed E-state index contributed by atoms with van der Waals surface area (Å²) >= 11 is 0. The maximum atomic E-state index is 10.5. The third-order valence-corrected chi connectivity index (χ3v) is 5.06. The average molecular weight is 428 g/mol. The number of nitrogens with one attached hydrogen (secondary N) is 1. The number of nitrogens with zero attached hydrogens (tertiary/aromatic N) is 6. The summed E-state index contributed by atoms with van der Waals surface area (Å²) in [4.78, 5) is 14.5. The molecule has 3 heterocycles. The Balaban J connectivity index is 1.66. The molecule has 2 aromatic heterocycles. The summed E-state index contributed by atoms with van der Waals surface area (Å²) in [5.41, 5.74) is 11.2. The lowest BCUT2D eigenvalue weighted by molar-refractivity contribution is -0.0501. The zero-order chi connectivity index (χ0) is 22.1. The first-order valence-electron chi connectivity index (χ1n) is 9.58. The number of hydrazone groups is 1. The molecule has 1 fully saturated rings. The number of fused-ring (bicyclic) bond motifs is 1. The fourth-order valence-corrected chi connectivity index (χ4v) is 3.36. The van der Waals surface area contributed by atoms with E-state index >= 15 is 0 Å². The predicted molar refractivity (Wildman–Crippen MR) is 115 cm³/mol. The highest BCUT2D eigenvalue weighted by Crippen LogP contribution is 2.35. The Bertz CT molecular complexity index is 1080. The molecule has 6 N–H and O–H groups in total. The van der Waals surface area contributed by atoms with Crippen LogP contribution in [0.15, 0.2) is 35.7 Å². The molecular weight excluding hydrogens is 404 g/mol. The first kappa shape index (κ1) is 20.9. The molecule has 4 unspecified atom stereocenters. The third kappa shape index (κ3) is 3.88. The largest absolute Gasteiger partial charge is 0.394 e. The van der Waals surface area contributed by atoms with Crippen molar-refractivity contribution in [3.8, 4) is 0 Å². The lowest BCUT2D eigenvalue weighted by Gasteiger charge is -2.18. The van der Waals surface area contributed by atoms with Crippen LogP contribution in [0.2, 0.25) is 0 Å². The van der Waals surface area contributed by atoms with Crippen LogP contribution in [0.4, 0.5) is 17.5 Å². The van der Waals surface area contributed by atoms with Crippen LogP contribution in [0.5, 0.6) is 0 Å². The molecule has 12 heteroatoms. The van der Waals surface area contributed by atoms with Crippen molar-refractivity contribution in [1.29, 1.82) is 0 Å². The van der Waals surface area contributed by atoms with E-state index in [-0.39, 0.29) is 22.9 Å². The number of ether oxygens (including phenoxy) is 1. The predicted octanol–water partition coefficient (Wildman–Crippen LogP) is -0.468. The number of rotatable bonds is 6. The number of aliphatic hydroxyl groups is 3. The molecule has 1 aliphatic rings. The minimum absolute atomic E-state index is 0.141. The van der Waals surface area contributed by atoms with Crippen LogP contribution in [0.25, 0.3) is 11.2 Å². The molecule has 0 amide bonds. The Labute approximate surface area is 177 Å². The second-order valence-corrected chi connectivity index (χ2v) is 7.32. The monoisotopic (exact) mass is 428 g/mol. The molecule has 0 spiro atoms. The van der Waals surface area contributed by atoms with Gasteiger partial charge >= 0.3 is 0 Å². The molecule has 31 heavy (non-hydrogen) atoms. The normalized spacial score (nSPS) is 23.6. The van der Waals surface area contributed by atoms with Gasteiger partial charge in [0.2, 0.25) is 5.95 Å². The standard InChI is InChI=1S/C19H24N8O4/c1-26(2)11-5-3-10(4-6-11)7-23-25-19-24-13-16(20)21-9-22-17(13)27(19)18-15(30)14(29)12(8-28)31-18/h3-7,9,12,14-15,18,28-30H,8H2,1-2H3,(H,24,25)(H2,20,21,22)/b23-7+. The minimum Gasteiger partial charge on any atom is -0.394 e. The molecule has 1 saturated heterocycles. The molecular formula is C19H24N8O4. The maximum absolute atomic E-state index is 10.5. The number of anilines is 3. The number of nitrogens with two attached hydrogens (primary N) is 1. The molecule has 0 radical (unpaired) electrons. The Morgan fingerprint density at radius 1 is 1.23 bits per heavy atom. The van der Waals surface area contributed by atoms with Gasteiger partial charge in [-0.1, -0.05) is 12.1 Å². The van der Waals surface area contributed by atoms with E-state index < -0.39 is 31.1 Å². The summed E-state index contributed by atoms with van der Waals surface area (Å²) in [6.45, 7) is -0.456. The Morgan fingerprint density at radius 3 is 2.61 bits per heavy atom. The van der Waals surface area contributed by atoms with Crippen LogP contribution in [0.3, 0.4) is 0 Å². The van der Waals surface area contributed by atoms with Gasteiger partial charge in [-0.25, -0.2) is 20.4 Å². The molecule has 3 aromatic rings. The van der Waals surface area contributed by atoms with E-state index in [4.69, 9.17) is 10.5 Å². The van der Waals surface area contributed by atoms with Crippen molar-refractivity contribution >= 4 is 34.8 Å². The number of aliphatic hydroxyl groups excluding tert-OH is 3. The van der Waals surface area contributed by atoms with Crippen LogP contribution in [0, 0.1) is 0 Å². The quantitative estimate of drug-likeness (QED) is 0.256. The number of nitrogen functional groups attached to an aromatic ring is 1. The summed E-state index contributed by atoms with van der Waals surface area (Å²) in [5.74, 6) is 0.319. The average Bonchev–Trinajstić information content (AvgIpc) is 3.26. The van der Waals surface area contributed by atoms with Gasteiger partial charge in [-0.2, -0.15) is 5.10 Å². The second kappa shape index (κ2) is 8.43. The first-order chi connectivity index (χ1) is 14.9. The summed E-state index contributed by atoms with van der Waals surface area (Å²) in [7, 11) is 3.92. The summed E-state index contributed by atoms with van der Waals surface area (Å²) in [6.07, 6.45) is -1.76. The van der Waals surface area contributed by atoms with Gasteiger partial charge in [0.15, 0.2) is 23.2 Å². The van der Waals surface area contributed by atoms with Crippen molar-refractivity contribution in [2.75, 3.05) is 36.8 Å². The number of hydrogen-bond donors (Lipinski definition) is 5. The van der Waals surface area contributed by atoms with Crippen LogP contribution in [-0.2, 0) is 4.74 Å². The van der Waals surface area contributed by atoms with Gasteiger partial charge in [0.25, 0.3) is 0 Å². The lowest BCUT2D eigenvalue weighted by Crippen LogP contribution is -2.33. The van der Waals surface area contributed by atoms with Crippen molar-refractivity contribution in [3.05, 3.63) is 36.2 Å². The van der Waals surface area contributed by atoms with Crippen LogP contribution in [0.1, 0.15) is 11.8 Å². The van der Waals surface area contributed by atoms with E-state index in [1.807, 2.05) is 43.3 Å². The third-order valence-electron chi connectivity index (χ3n) is 5.06. The van der Waals surface area contributed by atoms with Gasteiger partial charge in [0.1, 0.15) is 24.6 Å². The zero-order valence-corrected chi connectivity index (χ0v) is 17.0. The van der Waals surface area contributed by atoms with E-state index in [1.54, 1.807) is 6.21 Å². The number of aromatic nitrogens is 4. The maximum Gasteiger partial charge on any atom is 0.228 e. The van der Waals surface area contributed by atoms with Gasteiger partial charge < -0.3 is 30.7 Å². The number of hydrogen-bond acceptors (Lipinski definition) is 11. The zero-order valence-electron chi connectivity index (χ0n) is 17.0. The van der Waals surface area contributed by atoms with Crippen molar-refractivity contribution < 1.29 is 20.1 Å². The van der Waals surface area contributed by atoms with Gasteiger partial charge in [-0.15, -0.1) is 0 Å². The highest BCUT2D eigenvalue weighted by atomic mass is 16.6. The van der Waals surface area contributed by atoms with Crippen molar-refractivity contribution in [2.24, 2.45) is 5.10 Å². The summed E-state index contributed by atoms with van der Waals surface area (Å²) < 4.78 is 7.08. The summed E-state index contributed by atoms with van der Waals surface area (Å²) in [6, 6.07) is 7.76. The summed E-state index contributed by atoms with van der Waals surface area (Å²) in [5, 5.41) is 34.3. The van der Waals surface area contributed by atoms with Gasteiger partial charge in [-0.05, 0) is 17.7 Å². The molecule has 12 nitrogen and oxygen atoms in total. The van der Waals surface area contributed by atoms with Crippen molar-refractivity contribution in [3.63, 3.8) is 0 Å². The first-order valence-corrected chi connectivity index (χ1v) is 9.58. The van der Waals surface area contributed by atoms with Crippen molar-refractivity contribution in [1.82, 2.24) is 19.5 Å². The topological polar surface area (TPSA) is 167 Å². The highest BCUT2D eigenvalue weighted by molar-refractivity contribution is 5.85. The smallest absolute Gasteiger partial charge is 0.228 e. The molecule has 1 aliphatic heterocycles. The number of benzene rings is 1. The molecule has 1 aromatic carbocycles. The fourth-order valence-electron chi connectivity index (χ4n) is 3.36. The Kier molecular flexibility index (Phi) is 5.69. The van der Waals surface area contributed by atoms with Crippen LogP contribution < -0.4 is 16.1 Å².